The number of pyridine rings is 1. The van der Waals surface area contributed by atoms with Gasteiger partial charge < -0.3 is 0 Å². The summed E-state index contributed by atoms with van der Waals surface area (Å²) in [6, 6.07) is 9.63. The molecule has 3 rings (SSSR count). The van der Waals surface area contributed by atoms with Gasteiger partial charge in [-0.2, -0.15) is 5.10 Å². The summed E-state index contributed by atoms with van der Waals surface area (Å²) >= 11 is 0. The van der Waals surface area contributed by atoms with E-state index in [1.807, 2.05) is 0 Å². The summed E-state index contributed by atoms with van der Waals surface area (Å²) in [6.45, 7) is 0.450. The molecule has 1 amide bonds. The smallest absolute Gasteiger partial charge is 0.267 e. The van der Waals surface area contributed by atoms with E-state index >= 15 is 0 Å². The van der Waals surface area contributed by atoms with Crippen LogP contribution in [0.1, 0.15) is 22.3 Å². The molecule has 0 fully saturated rings. The Morgan fingerprint density at radius 1 is 1.27 bits per heavy atom. The monoisotopic (exact) mass is 296 g/mol. The number of nitro benzene ring substituents is 1. The van der Waals surface area contributed by atoms with Crippen LogP contribution in [0.4, 0.5) is 5.69 Å². The summed E-state index contributed by atoms with van der Waals surface area (Å²) < 4.78 is 0. The van der Waals surface area contributed by atoms with E-state index in [0.29, 0.717) is 29.8 Å². The molecule has 0 saturated carbocycles. The highest BCUT2D eigenvalue weighted by Gasteiger charge is 2.23. The van der Waals surface area contributed by atoms with Crippen LogP contribution in [-0.2, 0) is 0 Å². The molecule has 0 spiro atoms. The third kappa shape index (κ3) is 2.69. The molecule has 7 nitrogen and oxygen atoms in total. The molecule has 0 radical (unpaired) electrons. The van der Waals surface area contributed by atoms with Crippen LogP contribution in [0, 0.1) is 10.1 Å². The van der Waals surface area contributed by atoms with Crippen molar-refractivity contribution in [2.75, 3.05) is 6.54 Å². The molecule has 1 aliphatic rings. The molecule has 0 unspecified atom stereocenters. The van der Waals surface area contributed by atoms with E-state index < -0.39 is 4.92 Å². The molecule has 7 heteroatoms. The number of aromatic nitrogens is 1. The maximum Gasteiger partial charge on any atom is 0.275 e. The molecule has 1 aromatic heterocycles. The van der Waals surface area contributed by atoms with Crippen LogP contribution in [0.5, 0.6) is 0 Å². The average molecular weight is 296 g/mol. The zero-order valence-electron chi connectivity index (χ0n) is 11.5. The Kier molecular flexibility index (Phi) is 3.61. The Morgan fingerprint density at radius 3 is 2.86 bits per heavy atom. The van der Waals surface area contributed by atoms with Crippen molar-refractivity contribution in [3.8, 4) is 0 Å². The van der Waals surface area contributed by atoms with Crippen LogP contribution >= 0.6 is 0 Å². The first-order valence-corrected chi connectivity index (χ1v) is 6.69. The van der Waals surface area contributed by atoms with E-state index in [1.54, 1.807) is 30.5 Å². The van der Waals surface area contributed by atoms with Gasteiger partial charge in [0.2, 0.25) is 0 Å². The van der Waals surface area contributed by atoms with Crippen molar-refractivity contribution in [3.05, 3.63) is 70.0 Å². The van der Waals surface area contributed by atoms with Gasteiger partial charge in [0.25, 0.3) is 11.6 Å². The molecule has 0 atom stereocenters. The maximum atomic E-state index is 12.3. The number of hydrazone groups is 1. The van der Waals surface area contributed by atoms with Gasteiger partial charge in [-0.3, -0.25) is 19.9 Å². The number of hydrogen-bond acceptors (Lipinski definition) is 5. The fourth-order valence-corrected chi connectivity index (χ4v) is 2.24. The first kappa shape index (κ1) is 13.9. The van der Waals surface area contributed by atoms with Crippen molar-refractivity contribution in [3.63, 3.8) is 0 Å². The summed E-state index contributed by atoms with van der Waals surface area (Å²) in [5.41, 5.74) is 1.81. The largest absolute Gasteiger partial charge is 0.275 e. The molecular formula is C15H12N4O3. The number of nitro groups is 1. The second kappa shape index (κ2) is 5.72. The number of rotatable bonds is 3. The predicted octanol–water partition coefficient (Wildman–Crippen LogP) is 2.24. The highest BCUT2D eigenvalue weighted by atomic mass is 16.6. The van der Waals surface area contributed by atoms with Gasteiger partial charge in [-0.25, -0.2) is 5.01 Å². The van der Waals surface area contributed by atoms with E-state index in [-0.39, 0.29) is 11.6 Å². The first-order valence-electron chi connectivity index (χ1n) is 6.69. The first-order chi connectivity index (χ1) is 10.6. The minimum absolute atomic E-state index is 0.0113. The van der Waals surface area contributed by atoms with Crippen molar-refractivity contribution < 1.29 is 9.72 Å². The highest BCUT2D eigenvalue weighted by Crippen LogP contribution is 2.19. The number of hydrogen-bond donors (Lipinski definition) is 0. The third-order valence-corrected chi connectivity index (χ3v) is 3.33. The van der Waals surface area contributed by atoms with Gasteiger partial charge in [0.15, 0.2) is 0 Å². The lowest BCUT2D eigenvalue weighted by atomic mass is 10.1. The van der Waals surface area contributed by atoms with Crippen molar-refractivity contribution in [1.29, 1.82) is 0 Å². The summed E-state index contributed by atoms with van der Waals surface area (Å²) in [6.07, 6.45) is 3.65. The number of benzene rings is 1. The van der Waals surface area contributed by atoms with Gasteiger partial charge in [0.05, 0.1) is 22.7 Å². The van der Waals surface area contributed by atoms with Gasteiger partial charge in [-0.05, 0) is 12.1 Å². The fourth-order valence-electron chi connectivity index (χ4n) is 2.24. The van der Waals surface area contributed by atoms with Crippen LogP contribution in [-0.4, -0.2) is 33.1 Å². The molecule has 0 bridgehead atoms. The van der Waals surface area contributed by atoms with Gasteiger partial charge >= 0.3 is 0 Å². The number of carbonyl (C=O) groups excluding carboxylic acids is 1. The Morgan fingerprint density at radius 2 is 2.14 bits per heavy atom. The van der Waals surface area contributed by atoms with Crippen LogP contribution < -0.4 is 0 Å². The van der Waals surface area contributed by atoms with Crippen LogP contribution in [0.15, 0.2) is 53.9 Å². The van der Waals surface area contributed by atoms with Gasteiger partial charge in [-0.15, -0.1) is 0 Å². The molecule has 1 aromatic carbocycles. The standard InChI is InChI=1S/C15H12N4O3/c20-15(12-4-2-7-16-10-12)18-8-6-14(17-18)11-3-1-5-13(9-11)19(21)22/h1-5,7,9-10H,6,8H2. The quantitative estimate of drug-likeness (QED) is 0.641. The lowest BCUT2D eigenvalue weighted by molar-refractivity contribution is -0.384. The maximum absolute atomic E-state index is 12.3. The van der Waals surface area contributed by atoms with E-state index in [1.165, 1.54) is 23.3 Å². The van der Waals surface area contributed by atoms with Gasteiger partial charge in [0.1, 0.15) is 0 Å². The molecule has 2 aromatic rings. The molecule has 110 valence electrons. The topological polar surface area (TPSA) is 88.7 Å². The van der Waals surface area contributed by atoms with Crippen LogP contribution in [0.3, 0.4) is 0 Å². The zero-order chi connectivity index (χ0) is 15.5. The number of carbonyl (C=O) groups is 1. The minimum Gasteiger partial charge on any atom is -0.267 e. The number of amides is 1. The minimum atomic E-state index is -0.447. The summed E-state index contributed by atoms with van der Waals surface area (Å²) in [7, 11) is 0. The molecule has 0 N–H and O–H groups in total. The van der Waals surface area contributed by atoms with Gasteiger partial charge in [0, 0.05) is 36.5 Å². The summed E-state index contributed by atoms with van der Waals surface area (Å²) in [5, 5.41) is 16.5. The Balaban J connectivity index is 1.84. The summed E-state index contributed by atoms with van der Waals surface area (Å²) in [4.78, 5) is 26.6. The Labute approximate surface area is 126 Å². The highest BCUT2D eigenvalue weighted by molar-refractivity contribution is 6.04. The molecule has 0 aliphatic carbocycles. The van der Waals surface area contributed by atoms with Crippen molar-refractivity contribution in [2.24, 2.45) is 5.10 Å². The molecule has 1 aliphatic heterocycles. The Hall–Kier alpha value is -3.09. The molecule has 2 heterocycles. The van der Waals surface area contributed by atoms with Crippen LogP contribution in [0.25, 0.3) is 0 Å². The average Bonchev–Trinajstić information content (AvgIpc) is 3.05. The van der Waals surface area contributed by atoms with Crippen molar-refractivity contribution >= 4 is 17.3 Å². The molecular weight excluding hydrogens is 284 g/mol. The normalized spacial score (nSPS) is 13.8. The molecule has 22 heavy (non-hydrogen) atoms. The predicted molar refractivity (Wildman–Crippen MR) is 79.5 cm³/mol. The Bertz CT molecular complexity index is 758. The number of nitrogens with zero attached hydrogens (tertiary/aromatic N) is 4. The second-order valence-electron chi connectivity index (χ2n) is 4.77. The zero-order valence-corrected chi connectivity index (χ0v) is 11.5. The van der Waals surface area contributed by atoms with Crippen molar-refractivity contribution in [2.45, 2.75) is 6.42 Å². The lowest BCUT2D eigenvalue weighted by Crippen LogP contribution is -2.23. The fraction of sp³-hybridized carbons (Fsp3) is 0.133. The second-order valence-corrected chi connectivity index (χ2v) is 4.77. The van der Waals surface area contributed by atoms with E-state index in [2.05, 4.69) is 10.1 Å². The lowest BCUT2D eigenvalue weighted by Gasteiger charge is -2.10. The van der Waals surface area contributed by atoms with Crippen molar-refractivity contribution in [1.82, 2.24) is 9.99 Å². The molecule has 0 saturated heterocycles. The SMILES string of the molecule is O=C(c1cccnc1)N1CCC(c2cccc([N+](=O)[O-])c2)=N1. The van der Waals surface area contributed by atoms with E-state index in [0.717, 1.165) is 0 Å². The van der Waals surface area contributed by atoms with E-state index in [4.69, 9.17) is 0 Å². The third-order valence-electron chi connectivity index (χ3n) is 3.33. The van der Waals surface area contributed by atoms with E-state index in [9.17, 15) is 14.9 Å². The summed E-state index contributed by atoms with van der Waals surface area (Å²) in [5.74, 6) is -0.228. The van der Waals surface area contributed by atoms with Crippen LogP contribution in [0.2, 0.25) is 0 Å². The van der Waals surface area contributed by atoms with Gasteiger partial charge in [-0.1, -0.05) is 12.1 Å². The number of non-ortho nitro benzene ring substituents is 1.